The molecule has 0 bridgehead atoms. The van der Waals surface area contributed by atoms with Gasteiger partial charge in [0.05, 0.1) is 12.3 Å². The molecule has 4 heteroatoms. The zero-order valence-electron chi connectivity index (χ0n) is 13.0. The number of carbonyl (C=O) groups is 2. The van der Waals surface area contributed by atoms with Crippen LogP contribution in [0.1, 0.15) is 30.9 Å². The van der Waals surface area contributed by atoms with Gasteiger partial charge in [0.15, 0.2) is 0 Å². The number of carboxylic acids is 1. The third kappa shape index (κ3) is 3.16. The first kappa shape index (κ1) is 15.1. The number of aliphatic carboxylic acids is 1. The lowest BCUT2D eigenvalue weighted by atomic mass is 9.92. The first-order valence-corrected chi connectivity index (χ1v) is 8.17. The predicted molar refractivity (Wildman–Crippen MR) is 83.4 cm³/mol. The molecule has 2 fully saturated rings. The second-order valence-electron chi connectivity index (χ2n) is 6.60. The van der Waals surface area contributed by atoms with E-state index in [1.165, 1.54) is 5.56 Å². The molecule has 1 amide bonds. The van der Waals surface area contributed by atoms with Gasteiger partial charge >= 0.3 is 5.97 Å². The van der Waals surface area contributed by atoms with Crippen molar-refractivity contribution in [1.82, 2.24) is 4.90 Å². The maximum Gasteiger partial charge on any atom is 0.308 e. The van der Waals surface area contributed by atoms with Crippen LogP contribution in [0, 0.1) is 17.8 Å². The van der Waals surface area contributed by atoms with Gasteiger partial charge in [0, 0.05) is 13.1 Å². The first-order valence-electron chi connectivity index (χ1n) is 8.17. The monoisotopic (exact) mass is 301 g/mol. The van der Waals surface area contributed by atoms with Gasteiger partial charge in [-0.1, -0.05) is 31.2 Å². The van der Waals surface area contributed by atoms with Crippen LogP contribution in [-0.2, 0) is 22.4 Å². The average Bonchev–Trinajstić information content (AvgIpc) is 3.25. The Hall–Kier alpha value is -1.84. The second-order valence-corrected chi connectivity index (χ2v) is 6.60. The summed E-state index contributed by atoms with van der Waals surface area (Å²) in [5.74, 6) is -0.396. The average molecular weight is 301 g/mol. The van der Waals surface area contributed by atoms with Crippen molar-refractivity contribution >= 4 is 11.9 Å². The Morgan fingerprint density at radius 1 is 1.23 bits per heavy atom. The molecule has 0 aromatic heterocycles. The van der Waals surface area contributed by atoms with Crippen LogP contribution < -0.4 is 0 Å². The quantitative estimate of drug-likeness (QED) is 0.908. The largest absolute Gasteiger partial charge is 0.481 e. The van der Waals surface area contributed by atoms with E-state index in [1.54, 1.807) is 4.90 Å². The lowest BCUT2D eigenvalue weighted by Gasteiger charge is -2.16. The van der Waals surface area contributed by atoms with Crippen LogP contribution in [0.3, 0.4) is 0 Å². The van der Waals surface area contributed by atoms with E-state index in [9.17, 15) is 14.7 Å². The standard InChI is InChI=1S/C18H23NO3/c1-2-12-4-3-5-13(8-12)9-17(20)19-10-15(14-6-7-14)16(11-19)18(21)22/h3-5,8,14-16H,2,6-7,9-11H2,1H3,(H,21,22)/t15-,16+/m1/s1. The highest BCUT2D eigenvalue weighted by Crippen LogP contribution is 2.44. The zero-order valence-corrected chi connectivity index (χ0v) is 13.0. The van der Waals surface area contributed by atoms with Crippen LogP contribution in [0.5, 0.6) is 0 Å². The Kier molecular flexibility index (Phi) is 4.19. The number of benzene rings is 1. The molecule has 1 aromatic rings. The molecule has 1 aliphatic carbocycles. The molecule has 0 radical (unpaired) electrons. The molecule has 1 aromatic carbocycles. The molecule has 2 atom stereocenters. The minimum absolute atomic E-state index is 0.0580. The summed E-state index contributed by atoms with van der Waals surface area (Å²) >= 11 is 0. The third-order valence-corrected chi connectivity index (χ3v) is 5.02. The van der Waals surface area contributed by atoms with Crippen molar-refractivity contribution in [3.63, 3.8) is 0 Å². The second kappa shape index (κ2) is 6.11. The number of hydrogen-bond donors (Lipinski definition) is 1. The molecule has 1 saturated carbocycles. The van der Waals surface area contributed by atoms with Crippen LogP contribution in [-0.4, -0.2) is 35.0 Å². The van der Waals surface area contributed by atoms with Gasteiger partial charge in [-0.2, -0.15) is 0 Å². The summed E-state index contributed by atoms with van der Waals surface area (Å²) in [6, 6.07) is 8.09. The lowest BCUT2D eigenvalue weighted by molar-refractivity contribution is -0.142. The normalized spacial score (nSPS) is 24.5. The molecule has 1 saturated heterocycles. The van der Waals surface area contributed by atoms with Crippen molar-refractivity contribution in [2.75, 3.05) is 13.1 Å². The maximum atomic E-state index is 12.5. The van der Waals surface area contributed by atoms with Crippen LogP contribution in [0.15, 0.2) is 24.3 Å². The smallest absolute Gasteiger partial charge is 0.308 e. The summed E-state index contributed by atoms with van der Waals surface area (Å²) < 4.78 is 0. The van der Waals surface area contributed by atoms with Crippen LogP contribution in [0.4, 0.5) is 0 Å². The molecular weight excluding hydrogens is 278 g/mol. The van der Waals surface area contributed by atoms with Crippen molar-refractivity contribution in [1.29, 1.82) is 0 Å². The summed E-state index contributed by atoms with van der Waals surface area (Å²) in [4.78, 5) is 25.7. The van der Waals surface area contributed by atoms with Crippen LogP contribution in [0.25, 0.3) is 0 Å². The summed E-state index contributed by atoms with van der Waals surface area (Å²) in [6.45, 7) is 3.09. The Bertz CT molecular complexity index is 579. The Labute approximate surface area is 131 Å². The predicted octanol–water partition coefficient (Wildman–Crippen LogP) is 2.36. The van der Waals surface area contributed by atoms with Crippen molar-refractivity contribution in [3.8, 4) is 0 Å². The van der Waals surface area contributed by atoms with E-state index in [2.05, 4.69) is 19.1 Å². The molecule has 0 spiro atoms. The molecule has 4 nitrogen and oxygen atoms in total. The van der Waals surface area contributed by atoms with E-state index in [0.29, 0.717) is 25.4 Å². The van der Waals surface area contributed by atoms with Gasteiger partial charge in [0.2, 0.25) is 5.91 Å². The molecule has 22 heavy (non-hydrogen) atoms. The van der Waals surface area contributed by atoms with Gasteiger partial charge in [-0.25, -0.2) is 0 Å². The third-order valence-electron chi connectivity index (χ3n) is 5.02. The molecule has 118 valence electrons. The summed E-state index contributed by atoms with van der Waals surface area (Å²) in [6.07, 6.45) is 3.57. The van der Waals surface area contributed by atoms with Gasteiger partial charge in [-0.05, 0) is 42.2 Å². The number of hydrogen-bond acceptors (Lipinski definition) is 2. The number of likely N-dealkylation sites (tertiary alicyclic amines) is 1. The highest BCUT2D eigenvalue weighted by atomic mass is 16.4. The van der Waals surface area contributed by atoms with Crippen molar-refractivity contribution < 1.29 is 14.7 Å². The van der Waals surface area contributed by atoms with E-state index >= 15 is 0 Å². The lowest BCUT2D eigenvalue weighted by Crippen LogP contribution is -2.31. The van der Waals surface area contributed by atoms with Gasteiger partial charge < -0.3 is 10.0 Å². The van der Waals surface area contributed by atoms with Gasteiger partial charge in [-0.3, -0.25) is 9.59 Å². The summed E-state index contributed by atoms with van der Waals surface area (Å²) in [5, 5.41) is 9.38. The molecular formula is C18H23NO3. The highest BCUT2D eigenvalue weighted by molar-refractivity contribution is 5.81. The maximum absolute atomic E-state index is 12.5. The van der Waals surface area contributed by atoms with E-state index < -0.39 is 5.97 Å². The Morgan fingerprint density at radius 2 is 1.95 bits per heavy atom. The number of carbonyl (C=O) groups excluding carboxylic acids is 1. The molecule has 1 N–H and O–H groups in total. The summed E-state index contributed by atoms with van der Waals surface area (Å²) in [5.41, 5.74) is 2.25. The molecule has 0 unspecified atom stereocenters. The number of aryl methyl sites for hydroxylation is 1. The van der Waals surface area contributed by atoms with E-state index in [4.69, 9.17) is 0 Å². The number of amides is 1. The molecule has 3 rings (SSSR count). The fourth-order valence-corrected chi connectivity index (χ4v) is 3.54. The van der Waals surface area contributed by atoms with Crippen molar-refractivity contribution in [3.05, 3.63) is 35.4 Å². The minimum Gasteiger partial charge on any atom is -0.481 e. The van der Waals surface area contributed by atoms with Crippen LogP contribution in [0.2, 0.25) is 0 Å². The molecule has 1 heterocycles. The van der Waals surface area contributed by atoms with Crippen LogP contribution >= 0.6 is 0 Å². The van der Waals surface area contributed by atoms with E-state index in [0.717, 1.165) is 24.8 Å². The highest BCUT2D eigenvalue weighted by Gasteiger charge is 2.46. The van der Waals surface area contributed by atoms with E-state index in [1.807, 2.05) is 12.1 Å². The zero-order chi connectivity index (χ0) is 15.7. The van der Waals surface area contributed by atoms with Gasteiger partial charge in [-0.15, -0.1) is 0 Å². The van der Waals surface area contributed by atoms with Gasteiger partial charge in [0.25, 0.3) is 0 Å². The Balaban J connectivity index is 1.66. The molecule has 2 aliphatic rings. The first-order chi connectivity index (χ1) is 10.6. The SMILES string of the molecule is CCc1cccc(CC(=O)N2C[C@H](C(=O)O)[C@@H](C3CC3)C2)c1. The molecule has 1 aliphatic heterocycles. The Morgan fingerprint density at radius 3 is 2.59 bits per heavy atom. The summed E-state index contributed by atoms with van der Waals surface area (Å²) in [7, 11) is 0. The number of carboxylic acid groups (broad SMARTS) is 1. The van der Waals surface area contributed by atoms with Gasteiger partial charge in [0.1, 0.15) is 0 Å². The fourth-order valence-electron chi connectivity index (χ4n) is 3.54. The van der Waals surface area contributed by atoms with Crippen molar-refractivity contribution in [2.45, 2.75) is 32.6 Å². The van der Waals surface area contributed by atoms with E-state index in [-0.39, 0.29) is 17.7 Å². The topological polar surface area (TPSA) is 57.6 Å². The fraction of sp³-hybridized carbons (Fsp3) is 0.556. The number of rotatable bonds is 5. The van der Waals surface area contributed by atoms with Crippen molar-refractivity contribution in [2.24, 2.45) is 17.8 Å². The minimum atomic E-state index is -0.750. The number of nitrogens with zero attached hydrogens (tertiary/aromatic N) is 1.